The van der Waals surface area contributed by atoms with Gasteiger partial charge in [-0.15, -0.1) is 0 Å². The van der Waals surface area contributed by atoms with E-state index in [9.17, 15) is 18.0 Å². The Bertz CT molecular complexity index is 1310. The van der Waals surface area contributed by atoms with E-state index in [1.165, 1.54) is 12.1 Å². The number of rotatable bonds is 10. The summed E-state index contributed by atoms with van der Waals surface area (Å²) in [6.07, 6.45) is 4.98. The van der Waals surface area contributed by atoms with Crippen LogP contribution < -0.4 is 10.0 Å². The molecule has 1 heterocycles. The van der Waals surface area contributed by atoms with Crippen LogP contribution in [0.15, 0.2) is 71.9 Å². The van der Waals surface area contributed by atoms with E-state index in [1.54, 1.807) is 63.5 Å². The van der Waals surface area contributed by atoms with E-state index in [1.807, 2.05) is 12.1 Å². The molecule has 0 saturated carbocycles. The second-order valence-corrected chi connectivity index (χ2v) is 11.2. The fourth-order valence-corrected chi connectivity index (χ4v) is 4.42. The molecule has 39 heavy (non-hydrogen) atoms. The lowest BCUT2D eigenvalue weighted by Crippen LogP contribution is -2.50. The van der Waals surface area contributed by atoms with Gasteiger partial charge in [-0.1, -0.05) is 30.3 Å². The third-order valence-corrected chi connectivity index (χ3v) is 6.42. The molecule has 12 heteroatoms. The lowest BCUT2D eigenvalue weighted by Gasteiger charge is -2.24. The molecule has 0 aliphatic carbocycles. The SMILES string of the molecule is CC(=O)O.CC(C)(C)OC(=O)[C@H](CNC(=O)c1ccc(CCc2ncc[nH]2)cc1)NS(=O)(=O)c1ccccc1. The number of carboxylic acid groups (broad SMARTS) is 1. The number of sulfonamides is 1. The number of carboxylic acids is 1. The van der Waals surface area contributed by atoms with Crippen molar-refractivity contribution in [3.63, 3.8) is 0 Å². The molecule has 1 aromatic heterocycles. The number of ether oxygens (including phenoxy) is 1. The number of hydrogen-bond acceptors (Lipinski definition) is 7. The minimum Gasteiger partial charge on any atom is -0.481 e. The zero-order valence-corrected chi connectivity index (χ0v) is 23.1. The molecular weight excluding hydrogens is 524 g/mol. The Kier molecular flexibility index (Phi) is 11.4. The number of carbonyl (C=O) groups is 3. The standard InChI is InChI=1S/C25H30N4O5S.C2H4O2/c1-25(2,3)34-24(31)21(29-35(32,33)20-7-5-4-6-8-20)17-28-23(30)19-12-9-18(10-13-19)11-14-22-26-15-16-27-22;1-2(3)4/h4-10,12-13,15-16,21,29H,11,14,17H2,1-3H3,(H,26,27)(H,28,30);1H3,(H,3,4)/t21-;/m0./s1. The van der Waals surface area contributed by atoms with Crippen molar-refractivity contribution < 1.29 is 32.6 Å². The topological polar surface area (TPSA) is 168 Å². The lowest BCUT2D eigenvalue weighted by atomic mass is 10.1. The number of benzene rings is 2. The van der Waals surface area contributed by atoms with Crippen LogP contribution in [0.2, 0.25) is 0 Å². The molecule has 0 bridgehead atoms. The van der Waals surface area contributed by atoms with Crippen molar-refractivity contribution >= 4 is 27.9 Å². The first-order valence-electron chi connectivity index (χ1n) is 12.1. The lowest BCUT2D eigenvalue weighted by molar-refractivity contribution is -0.156. The monoisotopic (exact) mass is 558 g/mol. The Morgan fingerprint density at radius 2 is 1.64 bits per heavy atom. The number of aromatic nitrogens is 2. The first-order chi connectivity index (χ1) is 18.3. The van der Waals surface area contributed by atoms with Crippen molar-refractivity contribution in [3.8, 4) is 0 Å². The average molecular weight is 559 g/mol. The summed E-state index contributed by atoms with van der Waals surface area (Å²) in [5, 5.41) is 10.0. The third kappa shape index (κ3) is 11.5. The van der Waals surface area contributed by atoms with Gasteiger partial charge in [-0.05, 0) is 57.0 Å². The number of hydrogen-bond donors (Lipinski definition) is 4. The number of esters is 1. The molecule has 0 saturated heterocycles. The van der Waals surface area contributed by atoms with Crippen molar-refractivity contribution in [1.29, 1.82) is 0 Å². The number of aromatic amines is 1. The number of carbonyl (C=O) groups excluding carboxylic acids is 2. The van der Waals surface area contributed by atoms with Gasteiger partial charge in [-0.25, -0.2) is 13.4 Å². The van der Waals surface area contributed by atoms with Gasteiger partial charge in [0.05, 0.1) is 4.90 Å². The summed E-state index contributed by atoms with van der Waals surface area (Å²) in [6.45, 7) is 5.85. The fraction of sp³-hybridized carbons (Fsp3) is 0.333. The molecule has 0 aliphatic rings. The molecule has 1 amide bonds. The van der Waals surface area contributed by atoms with E-state index in [0.29, 0.717) is 5.56 Å². The van der Waals surface area contributed by atoms with Crippen LogP contribution in [0.4, 0.5) is 0 Å². The Balaban J connectivity index is 0.00000124. The molecule has 1 atom stereocenters. The molecule has 0 aliphatic heterocycles. The van der Waals surface area contributed by atoms with Gasteiger partial charge in [-0.2, -0.15) is 4.72 Å². The Labute approximate surface area is 228 Å². The predicted molar refractivity (Wildman–Crippen MR) is 144 cm³/mol. The molecule has 3 rings (SSSR count). The minimum absolute atomic E-state index is 0.00465. The molecule has 0 fully saturated rings. The quantitative estimate of drug-likeness (QED) is 0.276. The highest BCUT2D eigenvalue weighted by Gasteiger charge is 2.30. The highest BCUT2D eigenvalue weighted by atomic mass is 32.2. The van der Waals surface area contributed by atoms with E-state index in [2.05, 4.69) is 20.0 Å². The smallest absolute Gasteiger partial charge is 0.326 e. The Morgan fingerprint density at radius 1 is 1.03 bits per heavy atom. The van der Waals surface area contributed by atoms with Crippen LogP contribution >= 0.6 is 0 Å². The van der Waals surface area contributed by atoms with Crippen LogP contribution in [0.5, 0.6) is 0 Å². The van der Waals surface area contributed by atoms with Gasteiger partial charge in [0.25, 0.3) is 11.9 Å². The number of aryl methyl sites for hydroxylation is 2. The van der Waals surface area contributed by atoms with Gasteiger partial charge in [0, 0.05) is 37.8 Å². The Hall–Kier alpha value is -4.03. The van der Waals surface area contributed by atoms with Crippen molar-refractivity contribution in [3.05, 3.63) is 83.9 Å². The summed E-state index contributed by atoms with van der Waals surface area (Å²) in [6, 6.07) is 13.4. The van der Waals surface area contributed by atoms with Crippen molar-refractivity contribution in [2.24, 2.45) is 0 Å². The van der Waals surface area contributed by atoms with Gasteiger partial charge < -0.3 is 20.1 Å². The molecule has 0 spiro atoms. The van der Waals surface area contributed by atoms with Crippen LogP contribution in [0, 0.1) is 0 Å². The average Bonchev–Trinajstić information content (AvgIpc) is 3.38. The second-order valence-electron chi connectivity index (χ2n) is 9.48. The molecule has 210 valence electrons. The van der Waals surface area contributed by atoms with Crippen LogP contribution in [0.1, 0.15) is 49.4 Å². The number of amides is 1. The summed E-state index contributed by atoms with van der Waals surface area (Å²) < 4.78 is 33.3. The van der Waals surface area contributed by atoms with E-state index < -0.39 is 39.5 Å². The van der Waals surface area contributed by atoms with E-state index in [4.69, 9.17) is 14.6 Å². The third-order valence-electron chi connectivity index (χ3n) is 4.93. The maximum absolute atomic E-state index is 12.8. The molecule has 11 nitrogen and oxygen atoms in total. The van der Waals surface area contributed by atoms with Crippen molar-refractivity contribution in [2.45, 2.75) is 57.1 Å². The summed E-state index contributed by atoms with van der Waals surface area (Å²) >= 11 is 0. The first-order valence-corrected chi connectivity index (χ1v) is 13.6. The number of nitrogens with one attached hydrogen (secondary N) is 3. The number of H-pyrrole nitrogens is 1. The van der Waals surface area contributed by atoms with E-state index in [0.717, 1.165) is 31.2 Å². The zero-order valence-electron chi connectivity index (χ0n) is 22.3. The highest BCUT2D eigenvalue weighted by Crippen LogP contribution is 2.13. The molecule has 3 aromatic rings. The van der Waals surface area contributed by atoms with E-state index in [-0.39, 0.29) is 11.4 Å². The number of nitrogens with zero attached hydrogens (tertiary/aromatic N) is 1. The molecular formula is C27H34N4O7S. The Morgan fingerprint density at radius 3 is 2.18 bits per heavy atom. The fourth-order valence-electron chi connectivity index (χ4n) is 3.22. The molecule has 2 aromatic carbocycles. The summed E-state index contributed by atoms with van der Waals surface area (Å²) in [7, 11) is -4.01. The normalized spacial score (nSPS) is 12.0. The van der Waals surface area contributed by atoms with Crippen LogP contribution in [-0.2, 0) is 37.2 Å². The largest absolute Gasteiger partial charge is 0.481 e. The van der Waals surface area contributed by atoms with Gasteiger partial charge in [0.1, 0.15) is 17.5 Å². The maximum atomic E-state index is 12.8. The summed E-state index contributed by atoms with van der Waals surface area (Å²) in [4.78, 5) is 41.7. The molecule has 0 unspecified atom stereocenters. The number of aliphatic carboxylic acids is 1. The van der Waals surface area contributed by atoms with E-state index >= 15 is 0 Å². The van der Waals surface area contributed by atoms with Gasteiger partial charge in [-0.3, -0.25) is 14.4 Å². The van der Waals surface area contributed by atoms with Crippen LogP contribution in [0.3, 0.4) is 0 Å². The molecule has 4 N–H and O–H groups in total. The minimum atomic E-state index is -4.01. The molecule has 0 radical (unpaired) electrons. The van der Waals surface area contributed by atoms with Crippen molar-refractivity contribution in [2.75, 3.05) is 6.54 Å². The zero-order chi connectivity index (χ0) is 29.1. The number of imidazole rings is 1. The first kappa shape index (κ1) is 31.2. The predicted octanol–water partition coefficient (Wildman–Crippen LogP) is 2.70. The summed E-state index contributed by atoms with van der Waals surface area (Å²) in [5.41, 5.74) is 0.601. The second kappa shape index (κ2) is 14.2. The highest BCUT2D eigenvalue weighted by molar-refractivity contribution is 7.89. The van der Waals surface area contributed by atoms with Gasteiger partial charge >= 0.3 is 5.97 Å². The van der Waals surface area contributed by atoms with Crippen molar-refractivity contribution in [1.82, 2.24) is 20.0 Å². The van der Waals surface area contributed by atoms with Crippen LogP contribution in [-0.4, -0.2) is 59.5 Å². The van der Waals surface area contributed by atoms with Gasteiger partial charge in [0.2, 0.25) is 10.0 Å². The maximum Gasteiger partial charge on any atom is 0.326 e. The van der Waals surface area contributed by atoms with Crippen LogP contribution in [0.25, 0.3) is 0 Å². The summed E-state index contributed by atoms with van der Waals surface area (Å²) in [5.74, 6) is -1.17. The van der Waals surface area contributed by atoms with Gasteiger partial charge in [0.15, 0.2) is 0 Å².